The van der Waals surface area contributed by atoms with Crippen molar-refractivity contribution in [2.24, 2.45) is 4.99 Å². The van der Waals surface area contributed by atoms with E-state index in [0.717, 1.165) is 24.8 Å². The lowest BCUT2D eigenvalue weighted by atomic mass is 10.0. The van der Waals surface area contributed by atoms with E-state index in [0.29, 0.717) is 0 Å². The number of likely N-dealkylation sites (N-methyl/N-ethyl adjacent to an activating group) is 1. The van der Waals surface area contributed by atoms with E-state index in [1.54, 1.807) is 0 Å². The van der Waals surface area contributed by atoms with Gasteiger partial charge in [-0.25, -0.2) is 0 Å². The monoisotopic (exact) mass is 308 g/mol. The standard InChI is InChI=1S/C16H28N4S/c1-16(2,20(4)5)13-19-15(17-3)18-11-12-21-14-9-7-6-8-10-14/h6-10H,11-13H2,1-5H3,(H2,17,18,19). The molecule has 118 valence electrons. The lowest BCUT2D eigenvalue weighted by Crippen LogP contribution is -2.51. The first-order valence-corrected chi connectivity index (χ1v) is 8.24. The zero-order chi connectivity index (χ0) is 15.7. The van der Waals surface area contributed by atoms with Gasteiger partial charge in [0.05, 0.1) is 0 Å². The van der Waals surface area contributed by atoms with Gasteiger partial charge in [0, 0.05) is 36.3 Å². The largest absolute Gasteiger partial charge is 0.356 e. The molecule has 0 saturated carbocycles. The second-order valence-electron chi connectivity index (χ2n) is 5.72. The average Bonchev–Trinajstić information content (AvgIpc) is 2.47. The van der Waals surface area contributed by atoms with Crippen molar-refractivity contribution < 1.29 is 0 Å². The van der Waals surface area contributed by atoms with Crippen molar-refractivity contribution in [3.63, 3.8) is 0 Å². The summed E-state index contributed by atoms with van der Waals surface area (Å²) in [4.78, 5) is 7.77. The first kappa shape index (κ1) is 17.9. The Hall–Kier alpha value is -1.20. The molecule has 0 unspecified atom stereocenters. The number of aliphatic imine (C=N–C) groups is 1. The number of nitrogens with zero attached hydrogens (tertiary/aromatic N) is 2. The van der Waals surface area contributed by atoms with Crippen LogP contribution in [0.25, 0.3) is 0 Å². The van der Waals surface area contributed by atoms with Gasteiger partial charge in [0.1, 0.15) is 0 Å². The van der Waals surface area contributed by atoms with E-state index in [2.05, 4.69) is 72.7 Å². The Bertz CT molecular complexity index is 429. The summed E-state index contributed by atoms with van der Waals surface area (Å²) < 4.78 is 0. The van der Waals surface area contributed by atoms with Crippen molar-refractivity contribution in [1.82, 2.24) is 15.5 Å². The van der Waals surface area contributed by atoms with Crippen LogP contribution in [0.15, 0.2) is 40.2 Å². The first-order valence-electron chi connectivity index (χ1n) is 7.25. The summed E-state index contributed by atoms with van der Waals surface area (Å²) in [6.07, 6.45) is 0. The highest BCUT2D eigenvalue weighted by atomic mass is 32.2. The van der Waals surface area contributed by atoms with E-state index in [-0.39, 0.29) is 5.54 Å². The van der Waals surface area contributed by atoms with E-state index in [1.165, 1.54) is 4.90 Å². The molecule has 4 nitrogen and oxygen atoms in total. The zero-order valence-corrected chi connectivity index (χ0v) is 14.6. The Labute approximate surface area is 133 Å². The van der Waals surface area contributed by atoms with E-state index < -0.39 is 0 Å². The first-order chi connectivity index (χ1) is 9.95. The molecule has 0 heterocycles. The van der Waals surface area contributed by atoms with Gasteiger partial charge >= 0.3 is 0 Å². The minimum absolute atomic E-state index is 0.0937. The Kier molecular flexibility index (Phi) is 7.61. The average molecular weight is 308 g/mol. The molecular formula is C16H28N4S. The third-order valence-corrected chi connectivity index (χ3v) is 4.54. The number of hydrogen-bond acceptors (Lipinski definition) is 3. The van der Waals surface area contributed by atoms with Gasteiger partial charge in [-0.05, 0) is 40.1 Å². The normalized spacial score (nSPS) is 12.6. The highest BCUT2D eigenvalue weighted by Gasteiger charge is 2.20. The van der Waals surface area contributed by atoms with Crippen LogP contribution in [0, 0.1) is 0 Å². The van der Waals surface area contributed by atoms with Crippen LogP contribution < -0.4 is 10.6 Å². The molecule has 0 aromatic heterocycles. The molecule has 0 saturated heterocycles. The summed E-state index contributed by atoms with van der Waals surface area (Å²) in [6.45, 7) is 6.16. The number of guanidine groups is 1. The summed E-state index contributed by atoms with van der Waals surface area (Å²) in [6, 6.07) is 10.5. The number of thioether (sulfide) groups is 1. The van der Waals surface area contributed by atoms with E-state index in [1.807, 2.05) is 24.9 Å². The topological polar surface area (TPSA) is 39.7 Å². The predicted octanol–water partition coefficient (Wildman–Crippen LogP) is 2.28. The van der Waals surface area contributed by atoms with Crippen molar-refractivity contribution in [1.29, 1.82) is 0 Å². The van der Waals surface area contributed by atoms with E-state index in [4.69, 9.17) is 0 Å². The Morgan fingerprint density at radius 2 is 1.86 bits per heavy atom. The highest BCUT2D eigenvalue weighted by molar-refractivity contribution is 7.99. The van der Waals surface area contributed by atoms with Gasteiger partial charge in [-0.1, -0.05) is 18.2 Å². The van der Waals surface area contributed by atoms with E-state index in [9.17, 15) is 0 Å². The van der Waals surface area contributed by atoms with Gasteiger partial charge in [0.2, 0.25) is 0 Å². The molecular weight excluding hydrogens is 280 g/mol. The molecule has 1 aromatic carbocycles. The van der Waals surface area contributed by atoms with Gasteiger partial charge in [0.15, 0.2) is 5.96 Å². The molecule has 5 heteroatoms. The molecule has 0 radical (unpaired) electrons. The predicted molar refractivity (Wildman–Crippen MR) is 94.3 cm³/mol. The van der Waals surface area contributed by atoms with Crippen molar-refractivity contribution in [3.05, 3.63) is 30.3 Å². The lowest BCUT2D eigenvalue weighted by Gasteiger charge is -2.33. The minimum Gasteiger partial charge on any atom is -0.356 e. The fourth-order valence-electron chi connectivity index (χ4n) is 1.53. The molecule has 0 amide bonds. The minimum atomic E-state index is 0.0937. The molecule has 2 N–H and O–H groups in total. The molecule has 0 atom stereocenters. The zero-order valence-electron chi connectivity index (χ0n) is 13.8. The van der Waals surface area contributed by atoms with Crippen molar-refractivity contribution >= 4 is 17.7 Å². The maximum atomic E-state index is 4.26. The Balaban J connectivity index is 2.26. The smallest absolute Gasteiger partial charge is 0.191 e. The van der Waals surface area contributed by atoms with Gasteiger partial charge in [-0.3, -0.25) is 4.99 Å². The van der Waals surface area contributed by atoms with Crippen molar-refractivity contribution in [2.45, 2.75) is 24.3 Å². The van der Waals surface area contributed by atoms with E-state index >= 15 is 0 Å². The molecule has 0 aliphatic carbocycles. The third-order valence-electron chi connectivity index (χ3n) is 3.53. The van der Waals surface area contributed by atoms with Crippen LogP contribution in [0.2, 0.25) is 0 Å². The second-order valence-corrected chi connectivity index (χ2v) is 6.89. The summed E-state index contributed by atoms with van der Waals surface area (Å²) in [5.41, 5.74) is 0.0937. The number of benzene rings is 1. The summed E-state index contributed by atoms with van der Waals surface area (Å²) in [7, 11) is 5.99. The van der Waals surface area contributed by atoms with Gasteiger partial charge in [0.25, 0.3) is 0 Å². The van der Waals surface area contributed by atoms with Crippen LogP contribution >= 0.6 is 11.8 Å². The molecule has 0 aliphatic heterocycles. The maximum Gasteiger partial charge on any atom is 0.191 e. The van der Waals surface area contributed by atoms with Crippen LogP contribution in [0.3, 0.4) is 0 Å². The molecule has 1 rings (SSSR count). The molecule has 1 aromatic rings. The summed E-state index contributed by atoms with van der Waals surface area (Å²) in [5.74, 6) is 1.88. The SMILES string of the molecule is CN=C(NCCSc1ccccc1)NCC(C)(C)N(C)C. The molecule has 0 fully saturated rings. The molecule has 21 heavy (non-hydrogen) atoms. The van der Waals surface area contributed by atoms with Crippen LogP contribution in [0.5, 0.6) is 0 Å². The molecule has 0 aliphatic rings. The fraction of sp³-hybridized carbons (Fsp3) is 0.562. The lowest BCUT2D eigenvalue weighted by molar-refractivity contribution is 0.197. The Morgan fingerprint density at radius 1 is 1.19 bits per heavy atom. The van der Waals surface area contributed by atoms with Crippen LogP contribution in [0.1, 0.15) is 13.8 Å². The maximum absolute atomic E-state index is 4.26. The van der Waals surface area contributed by atoms with Crippen LogP contribution in [-0.2, 0) is 0 Å². The molecule has 0 spiro atoms. The quantitative estimate of drug-likeness (QED) is 0.351. The van der Waals surface area contributed by atoms with Crippen LogP contribution in [0.4, 0.5) is 0 Å². The second kappa shape index (κ2) is 8.95. The van der Waals surface area contributed by atoms with Gasteiger partial charge in [-0.2, -0.15) is 0 Å². The van der Waals surface area contributed by atoms with Gasteiger partial charge < -0.3 is 15.5 Å². The van der Waals surface area contributed by atoms with Crippen molar-refractivity contribution in [2.75, 3.05) is 40.0 Å². The van der Waals surface area contributed by atoms with Crippen LogP contribution in [-0.4, -0.2) is 56.4 Å². The molecule has 0 bridgehead atoms. The fourth-order valence-corrected chi connectivity index (χ4v) is 2.32. The van der Waals surface area contributed by atoms with Crippen molar-refractivity contribution in [3.8, 4) is 0 Å². The summed E-state index contributed by atoms with van der Waals surface area (Å²) >= 11 is 1.85. The summed E-state index contributed by atoms with van der Waals surface area (Å²) in [5, 5.41) is 6.73. The highest BCUT2D eigenvalue weighted by Crippen LogP contribution is 2.15. The third kappa shape index (κ3) is 6.87. The number of rotatable bonds is 7. The number of hydrogen-bond donors (Lipinski definition) is 2. The Morgan fingerprint density at radius 3 is 2.43 bits per heavy atom. The number of nitrogens with one attached hydrogen (secondary N) is 2. The van der Waals surface area contributed by atoms with Gasteiger partial charge in [-0.15, -0.1) is 11.8 Å².